The van der Waals surface area contributed by atoms with Crippen LogP contribution in [0.3, 0.4) is 0 Å². The zero-order chi connectivity index (χ0) is 15.0. The molecule has 1 atom stereocenters. The fraction of sp³-hybridized carbons (Fsp3) is 0.143. The Bertz CT molecular complexity index is 763. The number of carboxylic acid groups (broad SMARTS) is 1. The molecule has 21 heavy (non-hydrogen) atoms. The Hall–Kier alpha value is -2.96. The van der Waals surface area contributed by atoms with Crippen LogP contribution in [0.4, 0.5) is 5.69 Å². The molecule has 0 saturated heterocycles. The minimum Gasteiger partial charge on any atom is -0.480 e. The number of hydrogen-bond acceptors (Lipinski definition) is 4. The highest BCUT2D eigenvalue weighted by Gasteiger charge is 2.39. The lowest BCUT2D eigenvalue weighted by Gasteiger charge is -2.21. The van der Waals surface area contributed by atoms with E-state index < -0.39 is 23.5 Å². The smallest absolute Gasteiger partial charge is 0.327 e. The Labute approximate surface area is 118 Å². The van der Waals surface area contributed by atoms with E-state index in [-0.39, 0.29) is 12.1 Å². The SMILES string of the molecule is O=C(O)C1Cc2ccccc2N1C(=O)c1ccc(=O)[nH]n1. The van der Waals surface area contributed by atoms with Gasteiger partial charge in [-0.15, -0.1) is 0 Å². The maximum atomic E-state index is 12.5. The number of H-pyrrole nitrogens is 1. The number of nitrogens with one attached hydrogen (secondary N) is 1. The molecule has 0 radical (unpaired) electrons. The Morgan fingerprint density at radius 1 is 1.24 bits per heavy atom. The van der Waals surface area contributed by atoms with Crippen molar-refractivity contribution in [3.05, 3.63) is 58.0 Å². The van der Waals surface area contributed by atoms with Crippen LogP contribution in [-0.4, -0.2) is 33.2 Å². The standard InChI is InChI=1S/C14H11N3O4/c18-12-6-5-9(15-16-12)13(19)17-10-4-2-1-3-8(10)7-11(17)14(20)21/h1-6,11H,7H2,(H,16,18)(H,20,21). The van der Waals surface area contributed by atoms with Gasteiger partial charge in [0, 0.05) is 18.2 Å². The van der Waals surface area contributed by atoms with Crippen molar-refractivity contribution < 1.29 is 14.7 Å². The molecular weight excluding hydrogens is 274 g/mol. The second-order valence-electron chi connectivity index (χ2n) is 4.67. The van der Waals surface area contributed by atoms with E-state index in [1.165, 1.54) is 17.0 Å². The number of fused-ring (bicyclic) bond motifs is 1. The van der Waals surface area contributed by atoms with E-state index in [2.05, 4.69) is 10.2 Å². The molecule has 0 saturated carbocycles. The fourth-order valence-electron chi connectivity index (χ4n) is 2.42. The number of amides is 1. The first-order valence-electron chi connectivity index (χ1n) is 6.28. The summed E-state index contributed by atoms with van der Waals surface area (Å²) in [5.41, 5.74) is 0.922. The summed E-state index contributed by atoms with van der Waals surface area (Å²) in [7, 11) is 0. The van der Waals surface area contributed by atoms with Crippen LogP contribution in [0.5, 0.6) is 0 Å². The number of aliphatic carboxylic acids is 1. The highest BCUT2D eigenvalue weighted by molar-refractivity contribution is 6.09. The molecule has 0 fully saturated rings. The summed E-state index contributed by atoms with van der Waals surface area (Å²) in [5.74, 6) is -1.63. The molecular formula is C14H11N3O4. The van der Waals surface area contributed by atoms with E-state index in [0.29, 0.717) is 5.69 Å². The first-order valence-corrected chi connectivity index (χ1v) is 6.28. The molecule has 2 aromatic rings. The maximum absolute atomic E-state index is 12.5. The quantitative estimate of drug-likeness (QED) is 0.832. The molecule has 1 aromatic heterocycles. The van der Waals surface area contributed by atoms with Crippen molar-refractivity contribution in [1.82, 2.24) is 10.2 Å². The molecule has 0 spiro atoms. The number of rotatable bonds is 2. The Balaban J connectivity index is 2.05. The van der Waals surface area contributed by atoms with Crippen molar-refractivity contribution in [3.63, 3.8) is 0 Å². The van der Waals surface area contributed by atoms with E-state index in [4.69, 9.17) is 0 Å². The number of carbonyl (C=O) groups excluding carboxylic acids is 1. The fourth-order valence-corrected chi connectivity index (χ4v) is 2.42. The zero-order valence-electron chi connectivity index (χ0n) is 10.8. The second kappa shape index (κ2) is 4.86. The summed E-state index contributed by atoms with van der Waals surface area (Å²) in [5, 5.41) is 15.2. The van der Waals surface area contributed by atoms with E-state index >= 15 is 0 Å². The van der Waals surface area contributed by atoms with Gasteiger partial charge in [-0.3, -0.25) is 14.5 Å². The molecule has 1 aromatic carbocycles. The van der Waals surface area contributed by atoms with Gasteiger partial charge in [0.1, 0.15) is 11.7 Å². The maximum Gasteiger partial charge on any atom is 0.327 e. The van der Waals surface area contributed by atoms with Gasteiger partial charge in [-0.1, -0.05) is 18.2 Å². The second-order valence-corrected chi connectivity index (χ2v) is 4.67. The molecule has 7 nitrogen and oxygen atoms in total. The number of anilines is 1. The number of aromatic amines is 1. The average molecular weight is 285 g/mol. The largest absolute Gasteiger partial charge is 0.480 e. The normalized spacial score (nSPS) is 16.6. The summed E-state index contributed by atoms with van der Waals surface area (Å²) >= 11 is 0. The number of hydrogen-bond donors (Lipinski definition) is 2. The number of nitrogens with zero attached hydrogens (tertiary/aromatic N) is 2. The summed E-state index contributed by atoms with van der Waals surface area (Å²) in [6, 6.07) is 8.51. The number of carbonyl (C=O) groups is 2. The topological polar surface area (TPSA) is 103 Å². The molecule has 7 heteroatoms. The molecule has 106 valence electrons. The first-order chi connectivity index (χ1) is 10.1. The predicted molar refractivity (Wildman–Crippen MR) is 73.2 cm³/mol. The summed E-state index contributed by atoms with van der Waals surface area (Å²) < 4.78 is 0. The van der Waals surface area contributed by atoms with Crippen LogP contribution in [0.25, 0.3) is 0 Å². The van der Waals surface area contributed by atoms with Crippen LogP contribution >= 0.6 is 0 Å². The van der Waals surface area contributed by atoms with Gasteiger partial charge in [-0.2, -0.15) is 5.10 Å². The lowest BCUT2D eigenvalue weighted by atomic mass is 10.1. The Morgan fingerprint density at radius 3 is 2.67 bits per heavy atom. The highest BCUT2D eigenvalue weighted by atomic mass is 16.4. The molecule has 0 aliphatic carbocycles. The number of para-hydroxylation sites is 1. The third-order valence-electron chi connectivity index (χ3n) is 3.38. The zero-order valence-corrected chi connectivity index (χ0v) is 10.8. The molecule has 2 heterocycles. The van der Waals surface area contributed by atoms with Gasteiger partial charge in [0.25, 0.3) is 11.5 Å². The van der Waals surface area contributed by atoms with Crippen LogP contribution in [0, 0.1) is 0 Å². The monoisotopic (exact) mass is 285 g/mol. The molecule has 1 amide bonds. The van der Waals surface area contributed by atoms with Crippen LogP contribution in [-0.2, 0) is 11.2 Å². The van der Waals surface area contributed by atoms with E-state index in [1.54, 1.807) is 24.3 Å². The highest BCUT2D eigenvalue weighted by Crippen LogP contribution is 2.33. The van der Waals surface area contributed by atoms with Crippen molar-refractivity contribution >= 4 is 17.6 Å². The van der Waals surface area contributed by atoms with Gasteiger partial charge in [0.2, 0.25) is 0 Å². The molecule has 1 unspecified atom stereocenters. The van der Waals surface area contributed by atoms with Crippen LogP contribution in [0.2, 0.25) is 0 Å². The van der Waals surface area contributed by atoms with Crippen molar-refractivity contribution in [2.24, 2.45) is 0 Å². The Morgan fingerprint density at radius 2 is 2.00 bits per heavy atom. The minimum atomic E-state index is -1.08. The number of aromatic nitrogens is 2. The van der Waals surface area contributed by atoms with Gasteiger partial charge >= 0.3 is 5.97 Å². The van der Waals surface area contributed by atoms with Crippen LogP contribution in [0.15, 0.2) is 41.2 Å². The number of benzene rings is 1. The van der Waals surface area contributed by atoms with Gasteiger partial charge in [0.15, 0.2) is 0 Å². The van der Waals surface area contributed by atoms with Gasteiger partial charge in [-0.05, 0) is 17.7 Å². The summed E-state index contributed by atoms with van der Waals surface area (Å²) in [4.78, 5) is 36.1. The van der Waals surface area contributed by atoms with E-state index in [1.807, 2.05) is 0 Å². The van der Waals surface area contributed by atoms with Crippen LogP contribution < -0.4 is 10.5 Å². The van der Waals surface area contributed by atoms with Gasteiger partial charge in [0.05, 0.1) is 0 Å². The van der Waals surface area contributed by atoms with Crippen molar-refractivity contribution in [1.29, 1.82) is 0 Å². The molecule has 1 aliphatic heterocycles. The van der Waals surface area contributed by atoms with Crippen molar-refractivity contribution in [2.45, 2.75) is 12.5 Å². The average Bonchev–Trinajstić information content (AvgIpc) is 2.87. The van der Waals surface area contributed by atoms with E-state index in [0.717, 1.165) is 5.56 Å². The Kier molecular flexibility index (Phi) is 3.02. The lowest BCUT2D eigenvalue weighted by Crippen LogP contribution is -2.43. The first kappa shape index (κ1) is 13.0. The summed E-state index contributed by atoms with van der Waals surface area (Å²) in [6.07, 6.45) is 0.251. The predicted octanol–water partition coefficient (Wildman–Crippen LogP) is 0.426. The molecule has 2 N–H and O–H groups in total. The lowest BCUT2D eigenvalue weighted by molar-refractivity contribution is -0.138. The van der Waals surface area contributed by atoms with Crippen molar-refractivity contribution in [3.8, 4) is 0 Å². The molecule has 1 aliphatic rings. The van der Waals surface area contributed by atoms with E-state index in [9.17, 15) is 19.5 Å². The van der Waals surface area contributed by atoms with Crippen molar-refractivity contribution in [2.75, 3.05) is 4.90 Å². The van der Waals surface area contributed by atoms with Crippen LogP contribution in [0.1, 0.15) is 16.1 Å². The summed E-state index contributed by atoms with van der Waals surface area (Å²) in [6.45, 7) is 0. The molecule has 0 bridgehead atoms. The molecule has 3 rings (SSSR count). The third kappa shape index (κ3) is 2.18. The third-order valence-corrected chi connectivity index (χ3v) is 3.38. The number of carboxylic acids is 1. The minimum absolute atomic E-state index is 0.00227. The van der Waals surface area contributed by atoms with Gasteiger partial charge < -0.3 is 5.11 Å². The van der Waals surface area contributed by atoms with Gasteiger partial charge in [-0.25, -0.2) is 9.89 Å².